The SMILES string of the molecule is CCCNCCNCc1cc(C)nnc1CC. The molecule has 2 N–H and O–H groups in total. The molecule has 0 radical (unpaired) electrons. The van der Waals surface area contributed by atoms with Gasteiger partial charge in [-0.1, -0.05) is 13.8 Å². The highest BCUT2D eigenvalue weighted by Crippen LogP contribution is 2.06. The molecule has 1 aromatic heterocycles. The fourth-order valence-corrected chi connectivity index (χ4v) is 1.72. The molecule has 4 heteroatoms. The molecule has 0 aliphatic heterocycles. The van der Waals surface area contributed by atoms with Gasteiger partial charge in [0.1, 0.15) is 0 Å². The third kappa shape index (κ3) is 5.24. The highest BCUT2D eigenvalue weighted by Gasteiger charge is 2.03. The van der Waals surface area contributed by atoms with Crippen LogP contribution in [0.1, 0.15) is 37.2 Å². The number of aryl methyl sites for hydroxylation is 2. The Morgan fingerprint density at radius 1 is 1.06 bits per heavy atom. The van der Waals surface area contributed by atoms with E-state index in [0.29, 0.717) is 0 Å². The first-order valence-corrected chi connectivity index (χ1v) is 6.51. The average molecular weight is 236 g/mol. The van der Waals surface area contributed by atoms with Gasteiger partial charge in [0.25, 0.3) is 0 Å². The second-order valence-electron chi connectivity index (χ2n) is 4.24. The van der Waals surface area contributed by atoms with Crippen LogP contribution in [0.3, 0.4) is 0 Å². The van der Waals surface area contributed by atoms with Gasteiger partial charge in [0.2, 0.25) is 0 Å². The van der Waals surface area contributed by atoms with E-state index in [0.717, 1.165) is 44.0 Å². The number of nitrogens with one attached hydrogen (secondary N) is 2. The molecule has 0 spiro atoms. The minimum Gasteiger partial charge on any atom is -0.315 e. The molecule has 1 rings (SSSR count). The summed E-state index contributed by atoms with van der Waals surface area (Å²) in [6.45, 7) is 10.3. The van der Waals surface area contributed by atoms with Crippen molar-refractivity contribution < 1.29 is 0 Å². The maximum absolute atomic E-state index is 4.22. The van der Waals surface area contributed by atoms with Crippen LogP contribution < -0.4 is 10.6 Å². The van der Waals surface area contributed by atoms with Gasteiger partial charge in [-0.25, -0.2) is 0 Å². The molecule has 96 valence electrons. The Morgan fingerprint density at radius 3 is 2.53 bits per heavy atom. The fourth-order valence-electron chi connectivity index (χ4n) is 1.72. The lowest BCUT2D eigenvalue weighted by atomic mass is 10.1. The lowest BCUT2D eigenvalue weighted by molar-refractivity contribution is 0.603. The van der Waals surface area contributed by atoms with Crippen molar-refractivity contribution in [3.63, 3.8) is 0 Å². The zero-order chi connectivity index (χ0) is 12.5. The van der Waals surface area contributed by atoms with E-state index in [1.54, 1.807) is 0 Å². The Bertz CT molecular complexity index is 325. The van der Waals surface area contributed by atoms with E-state index in [1.807, 2.05) is 6.92 Å². The van der Waals surface area contributed by atoms with Crippen molar-refractivity contribution in [2.45, 2.75) is 40.2 Å². The van der Waals surface area contributed by atoms with Gasteiger partial charge in [0, 0.05) is 19.6 Å². The van der Waals surface area contributed by atoms with Crippen molar-refractivity contribution in [1.82, 2.24) is 20.8 Å². The van der Waals surface area contributed by atoms with E-state index in [-0.39, 0.29) is 0 Å². The number of aromatic nitrogens is 2. The van der Waals surface area contributed by atoms with Crippen molar-refractivity contribution in [2.24, 2.45) is 0 Å². The predicted octanol–water partition coefficient (Wildman–Crippen LogP) is 1.44. The predicted molar refractivity (Wildman–Crippen MR) is 71.0 cm³/mol. The van der Waals surface area contributed by atoms with E-state index >= 15 is 0 Å². The molecule has 0 atom stereocenters. The molecule has 1 aromatic rings. The summed E-state index contributed by atoms with van der Waals surface area (Å²) in [6, 6.07) is 2.12. The standard InChI is InChI=1S/C13H24N4/c1-4-6-14-7-8-15-10-12-9-11(3)16-17-13(12)5-2/h9,14-15H,4-8,10H2,1-3H3. The summed E-state index contributed by atoms with van der Waals surface area (Å²) >= 11 is 0. The zero-order valence-electron chi connectivity index (χ0n) is 11.2. The Labute approximate surface area is 104 Å². The van der Waals surface area contributed by atoms with Crippen LogP contribution in [0.15, 0.2) is 6.07 Å². The number of rotatable bonds is 8. The van der Waals surface area contributed by atoms with E-state index in [2.05, 4.69) is 40.7 Å². The molecule has 0 amide bonds. The summed E-state index contributed by atoms with van der Waals surface area (Å²) in [4.78, 5) is 0. The van der Waals surface area contributed by atoms with Gasteiger partial charge >= 0.3 is 0 Å². The average Bonchev–Trinajstić information content (AvgIpc) is 2.34. The van der Waals surface area contributed by atoms with Gasteiger partial charge in [-0.15, -0.1) is 0 Å². The molecule has 1 heterocycles. The van der Waals surface area contributed by atoms with Crippen LogP contribution in [-0.4, -0.2) is 29.8 Å². The molecule has 0 fully saturated rings. The maximum atomic E-state index is 4.22. The summed E-state index contributed by atoms with van der Waals surface area (Å²) in [7, 11) is 0. The molecule has 0 aromatic carbocycles. The summed E-state index contributed by atoms with van der Waals surface area (Å²) in [5.41, 5.74) is 3.36. The second kappa shape index (κ2) is 8.14. The van der Waals surface area contributed by atoms with Crippen LogP contribution in [0.25, 0.3) is 0 Å². The molecule has 0 bridgehead atoms. The van der Waals surface area contributed by atoms with Gasteiger partial charge in [-0.3, -0.25) is 0 Å². The maximum Gasteiger partial charge on any atom is 0.0673 e. The Balaban J connectivity index is 2.32. The summed E-state index contributed by atoms with van der Waals surface area (Å²) in [6.07, 6.45) is 2.13. The van der Waals surface area contributed by atoms with Crippen molar-refractivity contribution in [1.29, 1.82) is 0 Å². The lowest BCUT2D eigenvalue weighted by Gasteiger charge is -2.09. The fraction of sp³-hybridized carbons (Fsp3) is 0.692. The number of nitrogens with zero attached hydrogens (tertiary/aromatic N) is 2. The summed E-state index contributed by atoms with van der Waals surface area (Å²) in [5, 5.41) is 15.1. The minimum atomic E-state index is 0.882. The molecule has 0 aliphatic rings. The van der Waals surface area contributed by atoms with Crippen molar-refractivity contribution in [2.75, 3.05) is 19.6 Å². The van der Waals surface area contributed by atoms with Gasteiger partial charge in [-0.2, -0.15) is 10.2 Å². The van der Waals surface area contributed by atoms with Gasteiger partial charge in [0.05, 0.1) is 11.4 Å². The Morgan fingerprint density at radius 2 is 1.82 bits per heavy atom. The van der Waals surface area contributed by atoms with E-state index < -0.39 is 0 Å². The topological polar surface area (TPSA) is 49.8 Å². The minimum absolute atomic E-state index is 0.882. The van der Waals surface area contributed by atoms with Crippen LogP contribution in [0.4, 0.5) is 0 Å². The molecule has 0 saturated carbocycles. The normalized spacial score (nSPS) is 10.8. The smallest absolute Gasteiger partial charge is 0.0673 e. The largest absolute Gasteiger partial charge is 0.315 e. The van der Waals surface area contributed by atoms with Crippen molar-refractivity contribution >= 4 is 0 Å². The van der Waals surface area contributed by atoms with Crippen LogP contribution in [-0.2, 0) is 13.0 Å². The van der Waals surface area contributed by atoms with Gasteiger partial charge < -0.3 is 10.6 Å². The second-order valence-corrected chi connectivity index (χ2v) is 4.24. The van der Waals surface area contributed by atoms with Crippen LogP contribution in [0, 0.1) is 6.92 Å². The quantitative estimate of drug-likeness (QED) is 0.671. The number of hydrogen-bond acceptors (Lipinski definition) is 4. The molecule has 0 aliphatic carbocycles. The molecule has 0 unspecified atom stereocenters. The Kier molecular flexibility index (Phi) is 6.74. The van der Waals surface area contributed by atoms with E-state index in [4.69, 9.17) is 0 Å². The van der Waals surface area contributed by atoms with Crippen LogP contribution >= 0.6 is 0 Å². The molecule has 4 nitrogen and oxygen atoms in total. The van der Waals surface area contributed by atoms with Crippen molar-refractivity contribution in [3.05, 3.63) is 23.0 Å². The van der Waals surface area contributed by atoms with E-state index in [9.17, 15) is 0 Å². The third-order valence-electron chi connectivity index (χ3n) is 2.64. The summed E-state index contributed by atoms with van der Waals surface area (Å²) in [5.74, 6) is 0. The molecular formula is C13H24N4. The van der Waals surface area contributed by atoms with Gasteiger partial charge in [0.15, 0.2) is 0 Å². The highest BCUT2D eigenvalue weighted by atomic mass is 15.1. The number of hydrogen-bond donors (Lipinski definition) is 2. The summed E-state index contributed by atoms with van der Waals surface area (Å²) < 4.78 is 0. The first-order chi connectivity index (χ1) is 8.27. The Hall–Kier alpha value is -1.00. The molecular weight excluding hydrogens is 212 g/mol. The first-order valence-electron chi connectivity index (χ1n) is 6.51. The monoisotopic (exact) mass is 236 g/mol. The van der Waals surface area contributed by atoms with Gasteiger partial charge in [-0.05, 0) is 37.9 Å². The van der Waals surface area contributed by atoms with Crippen LogP contribution in [0.5, 0.6) is 0 Å². The highest BCUT2D eigenvalue weighted by molar-refractivity contribution is 5.20. The zero-order valence-corrected chi connectivity index (χ0v) is 11.2. The van der Waals surface area contributed by atoms with Crippen LogP contribution in [0.2, 0.25) is 0 Å². The first kappa shape index (κ1) is 14.1. The van der Waals surface area contributed by atoms with E-state index in [1.165, 1.54) is 12.0 Å². The molecule has 0 saturated heterocycles. The third-order valence-corrected chi connectivity index (χ3v) is 2.64. The molecule has 17 heavy (non-hydrogen) atoms. The van der Waals surface area contributed by atoms with Crippen molar-refractivity contribution in [3.8, 4) is 0 Å². The lowest BCUT2D eigenvalue weighted by Crippen LogP contribution is -2.27.